The molecule has 0 aliphatic carbocycles. The van der Waals surface area contributed by atoms with Crippen molar-refractivity contribution in [1.82, 2.24) is 0 Å². The van der Waals surface area contributed by atoms with Gasteiger partial charge in [-0.05, 0) is 36.4 Å². The summed E-state index contributed by atoms with van der Waals surface area (Å²) in [5, 5.41) is 5.37. The summed E-state index contributed by atoms with van der Waals surface area (Å²) in [5.74, 6) is -1.18. The van der Waals surface area contributed by atoms with Gasteiger partial charge in [0.05, 0.1) is 24.0 Å². The van der Waals surface area contributed by atoms with Crippen molar-refractivity contribution in [3.8, 4) is 0 Å². The van der Waals surface area contributed by atoms with E-state index in [1.165, 1.54) is 20.1 Å². The lowest BCUT2D eigenvalue weighted by molar-refractivity contribution is -0.114. The molecule has 7 heteroatoms. The van der Waals surface area contributed by atoms with Crippen LogP contribution in [0.4, 0.5) is 11.4 Å². The molecule has 2 N–H and O–H groups in total. The quantitative estimate of drug-likeness (QED) is 0.782. The van der Waals surface area contributed by atoms with Crippen LogP contribution in [0.15, 0.2) is 46.9 Å². The van der Waals surface area contributed by atoms with Crippen LogP contribution in [0.25, 0.3) is 0 Å². The van der Waals surface area contributed by atoms with E-state index in [9.17, 15) is 14.4 Å². The number of methoxy groups -OCH3 is 1. The predicted molar refractivity (Wildman–Crippen MR) is 94.2 cm³/mol. The summed E-state index contributed by atoms with van der Waals surface area (Å²) in [4.78, 5) is 35.3. The van der Waals surface area contributed by atoms with Crippen LogP contribution in [-0.4, -0.2) is 24.9 Å². The number of anilines is 2. The van der Waals surface area contributed by atoms with Crippen molar-refractivity contribution >= 4 is 45.1 Å². The summed E-state index contributed by atoms with van der Waals surface area (Å²) in [7, 11) is 1.27. The first kappa shape index (κ1) is 17.7. The molecule has 0 saturated heterocycles. The Bertz CT molecular complexity index is 805. The number of rotatable bonds is 4. The normalized spacial score (nSPS) is 9.96. The summed E-state index contributed by atoms with van der Waals surface area (Å²) in [5.41, 5.74) is 1.49. The maximum absolute atomic E-state index is 12.4. The minimum atomic E-state index is -0.522. The first-order valence-corrected chi connectivity index (χ1v) is 7.77. The fourth-order valence-electron chi connectivity index (χ4n) is 2.02. The number of esters is 1. The van der Waals surface area contributed by atoms with E-state index >= 15 is 0 Å². The summed E-state index contributed by atoms with van der Waals surface area (Å²) >= 11 is 3.32. The number of ether oxygens (including phenoxy) is 1. The molecule has 0 radical (unpaired) electrons. The second kappa shape index (κ2) is 7.74. The van der Waals surface area contributed by atoms with Crippen LogP contribution in [0.2, 0.25) is 0 Å². The molecule has 0 saturated carbocycles. The van der Waals surface area contributed by atoms with Crippen LogP contribution in [-0.2, 0) is 9.53 Å². The van der Waals surface area contributed by atoms with Gasteiger partial charge >= 0.3 is 5.97 Å². The zero-order chi connectivity index (χ0) is 17.7. The Balaban J connectivity index is 2.28. The third-order valence-electron chi connectivity index (χ3n) is 3.09. The van der Waals surface area contributed by atoms with Gasteiger partial charge in [0.2, 0.25) is 5.91 Å². The molecule has 0 spiro atoms. The Kier molecular flexibility index (Phi) is 5.70. The Labute approximate surface area is 147 Å². The molecule has 124 valence electrons. The average Bonchev–Trinajstić information content (AvgIpc) is 2.56. The second-order valence-corrected chi connectivity index (χ2v) is 5.81. The highest BCUT2D eigenvalue weighted by molar-refractivity contribution is 9.10. The Hall–Kier alpha value is -2.67. The van der Waals surface area contributed by atoms with Crippen molar-refractivity contribution in [2.24, 2.45) is 0 Å². The third kappa shape index (κ3) is 4.42. The van der Waals surface area contributed by atoms with E-state index in [2.05, 4.69) is 31.3 Å². The molecule has 2 aromatic carbocycles. The first-order valence-electron chi connectivity index (χ1n) is 6.97. The van der Waals surface area contributed by atoms with E-state index in [-0.39, 0.29) is 11.5 Å². The fraction of sp³-hybridized carbons (Fsp3) is 0.118. The molecule has 0 bridgehead atoms. The lowest BCUT2D eigenvalue weighted by atomic mass is 10.1. The second-order valence-electron chi connectivity index (χ2n) is 4.90. The van der Waals surface area contributed by atoms with Crippen molar-refractivity contribution in [2.45, 2.75) is 6.92 Å². The number of nitrogens with one attached hydrogen (secondary N) is 2. The van der Waals surface area contributed by atoms with Gasteiger partial charge in [-0.2, -0.15) is 0 Å². The molecule has 6 nitrogen and oxygen atoms in total. The molecule has 24 heavy (non-hydrogen) atoms. The zero-order valence-electron chi connectivity index (χ0n) is 13.1. The molecule has 0 fully saturated rings. The van der Waals surface area contributed by atoms with Gasteiger partial charge in [0, 0.05) is 17.0 Å². The van der Waals surface area contributed by atoms with Crippen LogP contribution in [0.5, 0.6) is 0 Å². The van der Waals surface area contributed by atoms with Gasteiger partial charge in [0.1, 0.15) is 0 Å². The maximum Gasteiger partial charge on any atom is 0.337 e. The van der Waals surface area contributed by atoms with Crippen LogP contribution in [0, 0.1) is 0 Å². The topological polar surface area (TPSA) is 84.5 Å². The molecule has 0 unspecified atom stereocenters. The van der Waals surface area contributed by atoms with Crippen LogP contribution < -0.4 is 10.6 Å². The van der Waals surface area contributed by atoms with Gasteiger partial charge in [-0.25, -0.2) is 4.79 Å². The third-order valence-corrected chi connectivity index (χ3v) is 3.58. The maximum atomic E-state index is 12.4. The van der Waals surface area contributed by atoms with Gasteiger partial charge in [0.25, 0.3) is 5.91 Å². The van der Waals surface area contributed by atoms with Crippen molar-refractivity contribution in [2.75, 3.05) is 17.7 Å². The number of carbonyl (C=O) groups is 3. The van der Waals surface area contributed by atoms with Crippen LogP contribution in [0.1, 0.15) is 27.6 Å². The van der Waals surface area contributed by atoms with E-state index in [0.29, 0.717) is 16.9 Å². The lowest BCUT2D eigenvalue weighted by Crippen LogP contribution is -2.16. The highest BCUT2D eigenvalue weighted by Gasteiger charge is 2.13. The van der Waals surface area contributed by atoms with Crippen molar-refractivity contribution in [1.29, 1.82) is 0 Å². The Morgan fingerprint density at radius 2 is 1.67 bits per heavy atom. The van der Waals surface area contributed by atoms with E-state index < -0.39 is 11.9 Å². The number of halogens is 1. The monoisotopic (exact) mass is 390 g/mol. The SMILES string of the molecule is COC(=O)c1cccc(C(=O)Nc2cc(Br)ccc2NC(C)=O)c1. The molecular weight excluding hydrogens is 376 g/mol. The standard InChI is InChI=1S/C17H15BrN2O4/c1-10(21)19-14-7-6-13(18)9-15(14)20-16(22)11-4-3-5-12(8-11)17(23)24-2/h3-9H,1-2H3,(H,19,21)(H,20,22). The fourth-order valence-corrected chi connectivity index (χ4v) is 2.38. The Morgan fingerprint density at radius 1 is 0.958 bits per heavy atom. The van der Waals surface area contributed by atoms with Crippen molar-refractivity contribution in [3.05, 3.63) is 58.1 Å². The molecule has 2 aromatic rings. The largest absolute Gasteiger partial charge is 0.465 e. The molecular formula is C17H15BrN2O4. The van der Waals surface area contributed by atoms with E-state index in [1.807, 2.05) is 0 Å². The molecule has 0 aliphatic rings. The van der Waals surface area contributed by atoms with Crippen molar-refractivity contribution in [3.63, 3.8) is 0 Å². The van der Waals surface area contributed by atoms with Gasteiger partial charge < -0.3 is 15.4 Å². The number of benzene rings is 2. The Morgan fingerprint density at radius 3 is 2.33 bits per heavy atom. The van der Waals surface area contributed by atoms with Gasteiger partial charge in [0.15, 0.2) is 0 Å². The van der Waals surface area contributed by atoms with Gasteiger partial charge in [-0.15, -0.1) is 0 Å². The van der Waals surface area contributed by atoms with Gasteiger partial charge in [-0.3, -0.25) is 9.59 Å². The number of carbonyl (C=O) groups excluding carboxylic acids is 3. The predicted octanol–water partition coefficient (Wildman–Crippen LogP) is 3.45. The first-order chi connectivity index (χ1) is 11.4. The molecule has 0 atom stereocenters. The van der Waals surface area contributed by atoms with Crippen LogP contribution >= 0.6 is 15.9 Å². The van der Waals surface area contributed by atoms with Crippen molar-refractivity contribution < 1.29 is 19.1 Å². The molecule has 0 heterocycles. The van der Waals surface area contributed by atoms with Crippen LogP contribution in [0.3, 0.4) is 0 Å². The number of amides is 2. The summed E-state index contributed by atoms with van der Waals surface area (Å²) < 4.78 is 5.39. The summed E-state index contributed by atoms with van der Waals surface area (Å²) in [6.45, 7) is 1.38. The zero-order valence-corrected chi connectivity index (χ0v) is 14.6. The van der Waals surface area contributed by atoms with E-state index in [4.69, 9.17) is 0 Å². The summed E-state index contributed by atoms with van der Waals surface area (Å²) in [6.07, 6.45) is 0. The molecule has 2 amide bonds. The van der Waals surface area contributed by atoms with E-state index in [1.54, 1.807) is 36.4 Å². The van der Waals surface area contributed by atoms with Gasteiger partial charge in [-0.1, -0.05) is 22.0 Å². The highest BCUT2D eigenvalue weighted by Crippen LogP contribution is 2.26. The van der Waals surface area contributed by atoms with E-state index in [0.717, 1.165) is 4.47 Å². The number of hydrogen-bond donors (Lipinski definition) is 2. The minimum Gasteiger partial charge on any atom is -0.465 e. The minimum absolute atomic E-state index is 0.250. The summed E-state index contributed by atoms with van der Waals surface area (Å²) in [6, 6.07) is 11.3. The smallest absolute Gasteiger partial charge is 0.337 e. The lowest BCUT2D eigenvalue weighted by Gasteiger charge is -2.12. The highest BCUT2D eigenvalue weighted by atomic mass is 79.9. The molecule has 0 aliphatic heterocycles. The molecule has 2 rings (SSSR count). The number of hydrogen-bond acceptors (Lipinski definition) is 4. The molecule has 0 aromatic heterocycles. The average molecular weight is 391 g/mol.